The topological polar surface area (TPSA) is 67.6 Å². The molecule has 1 aromatic carbocycles. The van der Waals surface area contributed by atoms with Crippen molar-refractivity contribution in [2.75, 3.05) is 0 Å². The third-order valence-corrected chi connectivity index (χ3v) is 4.05. The Hall–Kier alpha value is -2.87. The number of nitrogens with zero attached hydrogens (tertiary/aromatic N) is 4. The lowest BCUT2D eigenvalue weighted by Crippen LogP contribution is -2.11. The normalized spacial score (nSPS) is 11.7. The second-order valence-electron chi connectivity index (χ2n) is 7.98. The lowest BCUT2D eigenvalue weighted by molar-refractivity contribution is 0.381. The summed E-state index contributed by atoms with van der Waals surface area (Å²) in [5.74, 6) is 1.52. The van der Waals surface area contributed by atoms with Gasteiger partial charge in [-0.2, -0.15) is 15.3 Å². The minimum atomic E-state index is -0.272. The zero-order valence-electron chi connectivity index (χ0n) is 15.9. The second kappa shape index (κ2) is 6.80. The number of hydrogen-bond donors (Lipinski definition) is 0. The summed E-state index contributed by atoms with van der Waals surface area (Å²) in [6.07, 6.45) is 2.86. The van der Waals surface area contributed by atoms with Crippen LogP contribution < -0.4 is 0 Å². The Balaban J connectivity index is 1.91. The van der Waals surface area contributed by atoms with Gasteiger partial charge in [0.25, 0.3) is 5.88 Å². The van der Waals surface area contributed by atoms with Gasteiger partial charge in [0.2, 0.25) is 11.6 Å². The van der Waals surface area contributed by atoms with Crippen molar-refractivity contribution in [3.8, 4) is 23.2 Å². The number of hydrogen-bond acceptors (Lipinski definition) is 4. The van der Waals surface area contributed by atoms with Crippen LogP contribution >= 0.6 is 0 Å². The molecular formula is C21H24N4O. The van der Waals surface area contributed by atoms with Crippen LogP contribution in [0.4, 0.5) is 0 Å². The standard InChI is InChI=1S/C21H24N4O/c1-14(2)12-15-6-8-16(9-7-15)17-10-11-25(24-17)19-18(13-22)23-20(26-19)21(3,4)5/h6-11,14H,12H2,1-5H3. The highest BCUT2D eigenvalue weighted by molar-refractivity contribution is 5.59. The predicted molar refractivity (Wildman–Crippen MR) is 101 cm³/mol. The predicted octanol–water partition coefficient (Wildman–Crippen LogP) is 4.89. The van der Waals surface area contributed by atoms with Crippen molar-refractivity contribution in [1.29, 1.82) is 5.26 Å². The van der Waals surface area contributed by atoms with Crippen molar-refractivity contribution in [3.05, 3.63) is 53.7 Å². The zero-order chi connectivity index (χ0) is 18.9. The number of rotatable bonds is 4. The summed E-state index contributed by atoms with van der Waals surface area (Å²) in [7, 11) is 0. The lowest BCUT2D eigenvalue weighted by Gasteiger charge is -2.11. The van der Waals surface area contributed by atoms with Crippen LogP contribution in [0.3, 0.4) is 0 Å². The molecule has 0 spiro atoms. The summed E-state index contributed by atoms with van der Waals surface area (Å²) in [5, 5.41) is 13.9. The van der Waals surface area contributed by atoms with Crippen LogP contribution in [-0.2, 0) is 11.8 Å². The van der Waals surface area contributed by atoms with E-state index in [-0.39, 0.29) is 11.1 Å². The molecule has 0 atom stereocenters. The van der Waals surface area contributed by atoms with Crippen molar-refractivity contribution >= 4 is 0 Å². The first-order valence-corrected chi connectivity index (χ1v) is 8.84. The first-order chi connectivity index (χ1) is 12.3. The van der Waals surface area contributed by atoms with E-state index in [0.29, 0.717) is 17.7 Å². The summed E-state index contributed by atoms with van der Waals surface area (Å²) < 4.78 is 7.42. The fourth-order valence-corrected chi connectivity index (χ4v) is 2.73. The molecular weight excluding hydrogens is 324 g/mol. The van der Waals surface area contributed by atoms with Crippen molar-refractivity contribution in [3.63, 3.8) is 0 Å². The largest absolute Gasteiger partial charge is 0.421 e. The van der Waals surface area contributed by atoms with Gasteiger partial charge < -0.3 is 4.42 Å². The molecule has 0 saturated carbocycles. The molecule has 0 fully saturated rings. The fraction of sp³-hybridized carbons (Fsp3) is 0.381. The van der Waals surface area contributed by atoms with E-state index >= 15 is 0 Å². The molecule has 134 valence electrons. The molecule has 3 aromatic rings. The molecule has 26 heavy (non-hydrogen) atoms. The molecule has 0 aliphatic heterocycles. The molecule has 5 nitrogen and oxygen atoms in total. The van der Waals surface area contributed by atoms with Gasteiger partial charge in [-0.15, -0.1) is 0 Å². The van der Waals surface area contributed by atoms with Gasteiger partial charge in [-0.3, -0.25) is 0 Å². The molecule has 2 aromatic heterocycles. The van der Waals surface area contributed by atoms with Crippen molar-refractivity contribution < 1.29 is 4.42 Å². The summed E-state index contributed by atoms with van der Waals surface area (Å²) in [6.45, 7) is 10.4. The van der Waals surface area contributed by atoms with Gasteiger partial charge in [-0.25, -0.2) is 4.68 Å². The van der Waals surface area contributed by atoms with Gasteiger partial charge in [0, 0.05) is 17.2 Å². The molecule has 0 saturated heterocycles. The molecule has 3 rings (SSSR count). The number of aromatic nitrogens is 3. The Morgan fingerprint density at radius 1 is 1.15 bits per heavy atom. The van der Waals surface area contributed by atoms with Gasteiger partial charge in [0.15, 0.2) is 0 Å². The second-order valence-corrected chi connectivity index (χ2v) is 7.98. The first kappa shape index (κ1) is 17.9. The summed E-state index contributed by atoms with van der Waals surface area (Å²) >= 11 is 0. The quantitative estimate of drug-likeness (QED) is 0.673. The Labute approximate surface area is 154 Å². The first-order valence-electron chi connectivity index (χ1n) is 8.84. The van der Waals surface area contributed by atoms with Crippen LogP contribution in [0.25, 0.3) is 17.1 Å². The van der Waals surface area contributed by atoms with Gasteiger partial charge >= 0.3 is 0 Å². The summed E-state index contributed by atoms with van der Waals surface area (Å²) in [4.78, 5) is 4.31. The number of benzene rings is 1. The Kier molecular flexibility index (Phi) is 4.69. The van der Waals surface area contributed by atoms with Crippen LogP contribution in [0.5, 0.6) is 0 Å². The lowest BCUT2D eigenvalue weighted by atomic mass is 9.97. The van der Waals surface area contributed by atoms with E-state index < -0.39 is 0 Å². The molecule has 0 aliphatic carbocycles. The molecule has 0 radical (unpaired) electrons. The average Bonchev–Trinajstić information content (AvgIpc) is 3.21. The Morgan fingerprint density at radius 3 is 2.42 bits per heavy atom. The SMILES string of the molecule is CC(C)Cc1ccc(-c2ccn(-c3oc(C(C)(C)C)nc3C#N)n2)cc1. The van der Waals surface area contributed by atoms with E-state index in [1.165, 1.54) is 5.56 Å². The van der Waals surface area contributed by atoms with Gasteiger partial charge in [-0.05, 0) is 24.0 Å². The maximum Gasteiger partial charge on any atom is 0.259 e. The minimum Gasteiger partial charge on any atom is -0.421 e. The molecule has 0 amide bonds. The third kappa shape index (κ3) is 3.70. The van der Waals surface area contributed by atoms with E-state index in [4.69, 9.17) is 4.42 Å². The zero-order valence-corrected chi connectivity index (χ0v) is 15.9. The van der Waals surface area contributed by atoms with Gasteiger partial charge in [0.1, 0.15) is 6.07 Å². The smallest absolute Gasteiger partial charge is 0.259 e. The van der Waals surface area contributed by atoms with Crippen molar-refractivity contribution in [2.24, 2.45) is 5.92 Å². The Morgan fingerprint density at radius 2 is 1.85 bits per heavy atom. The highest BCUT2D eigenvalue weighted by Crippen LogP contribution is 2.27. The molecule has 5 heteroatoms. The number of oxazole rings is 1. The summed E-state index contributed by atoms with van der Waals surface area (Å²) in [5.41, 5.74) is 3.16. The fourth-order valence-electron chi connectivity index (χ4n) is 2.73. The average molecular weight is 348 g/mol. The van der Waals surface area contributed by atoms with Crippen LogP contribution in [0.15, 0.2) is 40.9 Å². The van der Waals surface area contributed by atoms with Gasteiger partial charge in [0.05, 0.1) is 5.69 Å². The number of nitriles is 1. The van der Waals surface area contributed by atoms with E-state index in [1.807, 2.05) is 26.8 Å². The monoisotopic (exact) mass is 348 g/mol. The molecule has 0 unspecified atom stereocenters. The Bertz CT molecular complexity index is 934. The minimum absolute atomic E-state index is 0.247. The summed E-state index contributed by atoms with van der Waals surface area (Å²) in [6, 6.07) is 12.5. The maximum atomic E-state index is 9.37. The van der Waals surface area contributed by atoms with Crippen molar-refractivity contribution in [1.82, 2.24) is 14.8 Å². The highest BCUT2D eigenvalue weighted by atomic mass is 16.4. The van der Waals surface area contributed by atoms with Crippen LogP contribution in [0.2, 0.25) is 0 Å². The molecule has 0 aliphatic rings. The van der Waals surface area contributed by atoms with E-state index in [9.17, 15) is 5.26 Å². The van der Waals surface area contributed by atoms with Crippen LogP contribution in [0, 0.1) is 17.2 Å². The molecule has 0 bridgehead atoms. The highest BCUT2D eigenvalue weighted by Gasteiger charge is 2.25. The van der Waals surface area contributed by atoms with E-state index in [0.717, 1.165) is 17.7 Å². The maximum absolute atomic E-state index is 9.37. The van der Waals surface area contributed by atoms with Crippen LogP contribution in [0.1, 0.15) is 51.8 Å². The van der Waals surface area contributed by atoms with E-state index in [1.54, 1.807) is 10.9 Å². The van der Waals surface area contributed by atoms with Crippen molar-refractivity contribution in [2.45, 2.75) is 46.5 Å². The molecule has 2 heterocycles. The van der Waals surface area contributed by atoms with E-state index in [2.05, 4.69) is 54.3 Å². The molecule has 0 N–H and O–H groups in total. The van der Waals surface area contributed by atoms with Gasteiger partial charge in [-0.1, -0.05) is 58.9 Å². The van der Waals surface area contributed by atoms with Crippen LogP contribution in [-0.4, -0.2) is 14.8 Å². The third-order valence-electron chi connectivity index (χ3n) is 4.05.